The van der Waals surface area contributed by atoms with Crippen LogP contribution in [-0.4, -0.2) is 60.3 Å². The lowest BCUT2D eigenvalue weighted by atomic mass is 10.1. The van der Waals surface area contributed by atoms with Crippen LogP contribution in [0.1, 0.15) is 53.0 Å². The van der Waals surface area contributed by atoms with Crippen molar-refractivity contribution < 1.29 is 14.7 Å². The zero-order chi connectivity index (χ0) is 24.9. The summed E-state index contributed by atoms with van der Waals surface area (Å²) in [5.74, 6) is 4.84. The second-order valence-electron chi connectivity index (χ2n) is 8.79. The molecule has 2 aliphatic rings. The molecule has 1 saturated carbocycles. The highest BCUT2D eigenvalue weighted by atomic mass is 35.5. The maximum atomic E-state index is 12.2. The Balaban J connectivity index is 1.50. The number of nitrogen functional groups attached to an aromatic ring is 1. The topological polar surface area (TPSA) is 145 Å². The number of aromatic nitrogens is 4. The van der Waals surface area contributed by atoms with Crippen LogP contribution in [0.4, 0.5) is 5.82 Å². The fourth-order valence-electron chi connectivity index (χ4n) is 4.60. The number of aliphatic hydroxyl groups excluding tert-OH is 1. The van der Waals surface area contributed by atoms with Crippen LogP contribution >= 0.6 is 11.6 Å². The highest BCUT2D eigenvalue weighted by molar-refractivity contribution is 6.32. The zero-order valence-electron chi connectivity index (χ0n) is 18.8. The van der Waals surface area contributed by atoms with Gasteiger partial charge in [-0.15, -0.1) is 0 Å². The van der Waals surface area contributed by atoms with E-state index in [-0.39, 0.29) is 42.2 Å². The smallest absolute Gasteiger partial charge is 0.255 e. The number of rotatable bonds is 5. The van der Waals surface area contributed by atoms with Crippen LogP contribution in [0.3, 0.4) is 0 Å². The number of primary amides is 1. The summed E-state index contributed by atoms with van der Waals surface area (Å²) in [5.41, 5.74) is 14.2. The van der Waals surface area contributed by atoms with E-state index in [1.807, 2.05) is 12.4 Å². The van der Waals surface area contributed by atoms with Gasteiger partial charge in [0.15, 0.2) is 5.69 Å². The maximum Gasteiger partial charge on any atom is 0.255 e. The van der Waals surface area contributed by atoms with Gasteiger partial charge in [-0.05, 0) is 43.4 Å². The van der Waals surface area contributed by atoms with Crippen LogP contribution < -0.4 is 11.5 Å². The van der Waals surface area contributed by atoms with Crippen molar-refractivity contribution in [2.45, 2.75) is 37.4 Å². The predicted octanol–water partition coefficient (Wildman–Crippen LogP) is 1.62. The van der Waals surface area contributed by atoms with Crippen LogP contribution in [0, 0.1) is 11.8 Å². The number of hydrogen-bond donors (Lipinski definition) is 3. The van der Waals surface area contributed by atoms with Crippen LogP contribution in [-0.2, 0) is 4.79 Å². The van der Waals surface area contributed by atoms with Gasteiger partial charge in [0.1, 0.15) is 11.4 Å². The molecule has 3 heterocycles. The van der Waals surface area contributed by atoms with E-state index in [2.05, 4.69) is 33.1 Å². The van der Waals surface area contributed by atoms with Gasteiger partial charge >= 0.3 is 0 Å². The minimum atomic E-state index is -0.765. The number of likely N-dealkylation sites (tertiary alicyclic amines) is 1. The molecule has 2 aromatic heterocycles. The lowest BCUT2D eigenvalue weighted by molar-refractivity contribution is -0.127. The third kappa shape index (κ3) is 4.03. The Morgan fingerprint density at radius 2 is 2.06 bits per heavy atom. The molecule has 2 fully saturated rings. The van der Waals surface area contributed by atoms with E-state index in [0.29, 0.717) is 23.0 Å². The fraction of sp³-hybridized carbons (Fsp3) is 0.333. The molecular weight excluding hydrogens is 470 g/mol. The molecule has 1 aliphatic carbocycles. The Labute approximate surface area is 206 Å². The molecule has 10 nitrogen and oxygen atoms in total. The molecule has 0 spiro atoms. The van der Waals surface area contributed by atoms with Gasteiger partial charge in [-0.3, -0.25) is 9.59 Å². The van der Waals surface area contributed by atoms with Crippen molar-refractivity contribution in [2.24, 2.45) is 5.73 Å². The first-order valence-corrected chi connectivity index (χ1v) is 11.6. The van der Waals surface area contributed by atoms with E-state index in [1.165, 1.54) is 15.7 Å². The van der Waals surface area contributed by atoms with Crippen LogP contribution in [0.5, 0.6) is 0 Å². The standard InChI is InChI=1S/C24H24ClN7O3/c1-2-21(34)30-10-15(8-16(30)11-33)32-23(26)22(24(27)35)18(29-32)6-3-13-7-19-20(9-17(13)25)31(12-28-19)14-4-5-14/h2,7,9,12,14-16,33H,1,4-5,8,10-11,26H2,(H2,27,35)/t15-,16+/m0/s1. The Hall–Kier alpha value is -3.81. The summed E-state index contributed by atoms with van der Waals surface area (Å²) >= 11 is 6.50. The Morgan fingerprint density at radius 1 is 1.29 bits per heavy atom. The number of hydrogen-bond acceptors (Lipinski definition) is 6. The van der Waals surface area contributed by atoms with E-state index in [9.17, 15) is 14.7 Å². The summed E-state index contributed by atoms with van der Waals surface area (Å²) in [6, 6.07) is 3.33. The predicted molar refractivity (Wildman–Crippen MR) is 131 cm³/mol. The van der Waals surface area contributed by atoms with Gasteiger partial charge in [-0.1, -0.05) is 24.1 Å². The molecule has 2 amide bonds. The number of carbonyl (C=O) groups excluding carboxylic acids is 2. The first-order chi connectivity index (χ1) is 16.8. The minimum absolute atomic E-state index is 0.00163. The molecule has 1 saturated heterocycles. The molecule has 0 bridgehead atoms. The summed E-state index contributed by atoms with van der Waals surface area (Å²) in [7, 11) is 0. The molecule has 0 unspecified atom stereocenters. The van der Waals surface area contributed by atoms with E-state index >= 15 is 0 Å². The van der Waals surface area contributed by atoms with Crippen molar-refractivity contribution >= 4 is 40.3 Å². The molecule has 1 aromatic carbocycles. The summed E-state index contributed by atoms with van der Waals surface area (Å²) in [5, 5.41) is 14.6. The molecule has 11 heteroatoms. The quantitative estimate of drug-likeness (QED) is 0.363. The number of imidazole rings is 1. The Morgan fingerprint density at radius 3 is 2.71 bits per heavy atom. The summed E-state index contributed by atoms with van der Waals surface area (Å²) in [6.45, 7) is 3.54. The van der Waals surface area contributed by atoms with Gasteiger partial charge in [0.2, 0.25) is 5.91 Å². The van der Waals surface area contributed by atoms with Gasteiger partial charge in [0.05, 0.1) is 41.1 Å². The first-order valence-electron chi connectivity index (χ1n) is 11.2. The number of anilines is 1. The van der Waals surface area contributed by atoms with Gasteiger partial charge in [-0.2, -0.15) is 5.10 Å². The highest BCUT2D eigenvalue weighted by Gasteiger charge is 2.37. The number of carbonyl (C=O) groups is 2. The number of amides is 2. The number of nitrogens with zero attached hydrogens (tertiary/aromatic N) is 5. The summed E-state index contributed by atoms with van der Waals surface area (Å²) in [6.07, 6.45) is 5.66. The molecular formula is C24H24ClN7O3. The number of benzene rings is 1. The average molecular weight is 494 g/mol. The SMILES string of the molecule is C=CC(=O)N1C[C@@H](n2nc(C#Cc3cc4ncn(C5CC5)c4cc3Cl)c(C(N)=O)c2N)C[C@@H]1CO. The Kier molecular flexibility index (Phi) is 5.75. The molecule has 5 N–H and O–H groups in total. The van der Waals surface area contributed by atoms with E-state index in [1.54, 1.807) is 6.07 Å². The van der Waals surface area contributed by atoms with Crippen molar-refractivity contribution in [3.63, 3.8) is 0 Å². The monoisotopic (exact) mass is 493 g/mol. The Bertz CT molecular complexity index is 1430. The molecule has 2 atom stereocenters. The van der Waals surface area contributed by atoms with Gasteiger partial charge in [0, 0.05) is 18.2 Å². The van der Waals surface area contributed by atoms with E-state index < -0.39 is 11.9 Å². The number of halogens is 1. The van der Waals surface area contributed by atoms with E-state index in [0.717, 1.165) is 23.9 Å². The number of fused-ring (bicyclic) bond motifs is 1. The maximum absolute atomic E-state index is 12.2. The normalized spacial score (nSPS) is 19.5. The van der Waals surface area contributed by atoms with Crippen molar-refractivity contribution in [3.8, 4) is 11.8 Å². The van der Waals surface area contributed by atoms with Crippen molar-refractivity contribution in [2.75, 3.05) is 18.9 Å². The average Bonchev–Trinajstić information content (AvgIpc) is 3.31. The van der Waals surface area contributed by atoms with Gasteiger partial charge < -0.3 is 26.0 Å². The largest absolute Gasteiger partial charge is 0.394 e. The summed E-state index contributed by atoms with van der Waals surface area (Å²) in [4.78, 5) is 30.3. The van der Waals surface area contributed by atoms with Gasteiger partial charge in [0.25, 0.3) is 5.91 Å². The molecule has 180 valence electrons. The first kappa shape index (κ1) is 23.0. The van der Waals surface area contributed by atoms with Gasteiger partial charge in [-0.25, -0.2) is 9.67 Å². The van der Waals surface area contributed by atoms with Crippen LogP contribution in [0.25, 0.3) is 11.0 Å². The molecule has 0 radical (unpaired) electrons. The molecule has 35 heavy (non-hydrogen) atoms. The third-order valence-corrected chi connectivity index (χ3v) is 6.83. The van der Waals surface area contributed by atoms with Crippen LogP contribution in [0.2, 0.25) is 5.02 Å². The molecule has 1 aliphatic heterocycles. The number of aliphatic hydroxyl groups is 1. The molecule has 5 rings (SSSR count). The van der Waals surface area contributed by atoms with Crippen molar-refractivity contribution in [1.82, 2.24) is 24.2 Å². The lowest BCUT2D eigenvalue weighted by Crippen LogP contribution is -2.36. The highest BCUT2D eigenvalue weighted by Crippen LogP contribution is 2.38. The lowest BCUT2D eigenvalue weighted by Gasteiger charge is -2.20. The second kappa shape index (κ2) is 8.76. The zero-order valence-corrected chi connectivity index (χ0v) is 19.6. The third-order valence-electron chi connectivity index (χ3n) is 6.52. The number of nitrogens with two attached hydrogens (primary N) is 2. The van der Waals surface area contributed by atoms with Crippen molar-refractivity contribution in [3.05, 3.63) is 53.0 Å². The fourth-order valence-corrected chi connectivity index (χ4v) is 4.80. The summed E-state index contributed by atoms with van der Waals surface area (Å²) < 4.78 is 3.57. The van der Waals surface area contributed by atoms with E-state index in [4.69, 9.17) is 23.1 Å². The molecule has 3 aromatic rings. The second-order valence-corrected chi connectivity index (χ2v) is 9.20. The van der Waals surface area contributed by atoms with Crippen LogP contribution in [0.15, 0.2) is 31.1 Å². The van der Waals surface area contributed by atoms with Crippen molar-refractivity contribution in [1.29, 1.82) is 0 Å². The minimum Gasteiger partial charge on any atom is -0.394 e.